The number of nitro groups is 1. The van der Waals surface area contributed by atoms with E-state index in [0.29, 0.717) is 11.5 Å². The molecule has 2 aromatic rings. The predicted octanol–water partition coefficient (Wildman–Crippen LogP) is 1.54. The van der Waals surface area contributed by atoms with E-state index in [0.717, 1.165) is 4.90 Å². The lowest BCUT2D eigenvalue weighted by atomic mass is 10.1. The lowest BCUT2D eigenvalue weighted by Crippen LogP contribution is -2.42. The molecule has 0 unspecified atom stereocenters. The van der Waals surface area contributed by atoms with Crippen molar-refractivity contribution in [2.45, 2.75) is 12.5 Å². The normalized spacial score (nSPS) is 16.9. The summed E-state index contributed by atoms with van der Waals surface area (Å²) < 4.78 is 11.3. The van der Waals surface area contributed by atoms with Crippen molar-refractivity contribution in [1.82, 2.24) is 10.2 Å². The molecule has 0 bridgehead atoms. The van der Waals surface area contributed by atoms with Gasteiger partial charge in [0.05, 0.1) is 17.0 Å². The highest BCUT2D eigenvalue weighted by molar-refractivity contribution is 6.23. The van der Waals surface area contributed by atoms with Crippen LogP contribution in [0.5, 0.6) is 11.5 Å². The minimum Gasteiger partial charge on any atom is -0.486 e. The van der Waals surface area contributed by atoms with Crippen molar-refractivity contribution >= 4 is 23.4 Å². The molecule has 1 N–H and O–H groups in total. The van der Waals surface area contributed by atoms with E-state index in [4.69, 9.17) is 9.47 Å². The van der Waals surface area contributed by atoms with E-state index < -0.39 is 22.4 Å². The van der Waals surface area contributed by atoms with Crippen LogP contribution < -0.4 is 14.8 Å². The minimum atomic E-state index is -0.768. The fourth-order valence-corrected chi connectivity index (χ4v) is 3.36. The number of carbonyl (C=O) groups excluding carboxylic acids is 3. The average Bonchev–Trinajstić information content (AvgIpc) is 3.00. The lowest BCUT2D eigenvalue weighted by Gasteiger charge is -2.26. The number of nitro benzene ring substituents is 1. The number of para-hydroxylation sites is 2. The third-order valence-electron chi connectivity index (χ3n) is 4.83. The van der Waals surface area contributed by atoms with Gasteiger partial charge in [0, 0.05) is 19.0 Å². The van der Waals surface area contributed by atoms with Crippen LogP contribution in [0, 0.1) is 10.1 Å². The van der Waals surface area contributed by atoms with E-state index >= 15 is 0 Å². The largest absolute Gasteiger partial charge is 0.486 e. The summed E-state index contributed by atoms with van der Waals surface area (Å²) in [6.45, 7) is 0.292. The maximum absolute atomic E-state index is 12.5. The van der Waals surface area contributed by atoms with Crippen LogP contribution in [0.4, 0.5) is 5.69 Å². The molecule has 10 nitrogen and oxygen atoms in total. The van der Waals surface area contributed by atoms with Crippen LogP contribution in [-0.4, -0.2) is 53.3 Å². The van der Waals surface area contributed by atoms with Crippen molar-refractivity contribution in [3.05, 3.63) is 63.7 Å². The molecule has 0 spiro atoms. The van der Waals surface area contributed by atoms with Gasteiger partial charge in [0.1, 0.15) is 18.3 Å². The SMILES string of the molecule is O=C(CCN1C(=O)c2cccc([N+](=O)[O-])c2C1=O)NC[C@@H]1COc2ccccc2O1. The van der Waals surface area contributed by atoms with E-state index in [-0.39, 0.29) is 49.3 Å². The Balaban J connectivity index is 1.31. The quantitative estimate of drug-likeness (QED) is 0.434. The topological polar surface area (TPSA) is 128 Å². The molecule has 3 amide bonds. The van der Waals surface area contributed by atoms with Crippen LogP contribution in [0.1, 0.15) is 27.1 Å². The molecule has 0 saturated heterocycles. The summed E-state index contributed by atoms with van der Waals surface area (Å²) >= 11 is 0. The van der Waals surface area contributed by atoms with Crippen molar-refractivity contribution in [2.24, 2.45) is 0 Å². The summed E-state index contributed by atoms with van der Waals surface area (Å²) in [7, 11) is 0. The Morgan fingerprint density at radius 2 is 1.90 bits per heavy atom. The smallest absolute Gasteiger partial charge is 0.282 e. The number of hydrogen-bond donors (Lipinski definition) is 1. The zero-order valence-corrected chi connectivity index (χ0v) is 15.7. The highest BCUT2D eigenvalue weighted by Gasteiger charge is 2.40. The number of benzene rings is 2. The van der Waals surface area contributed by atoms with Crippen LogP contribution in [0.2, 0.25) is 0 Å². The zero-order valence-electron chi connectivity index (χ0n) is 15.7. The number of fused-ring (bicyclic) bond motifs is 2. The van der Waals surface area contributed by atoms with Crippen molar-refractivity contribution in [3.63, 3.8) is 0 Å². The van der Waals surface area contributed by atoms with Gasteiger partial charge in [0.25, 0.3) is 17.5 Å². The highest BCUT2D eigenvalue weighted by atomic mass is 16.6. The molecule has 2 heterocycles. The second kappa shape index (κ2) is 7.82. The first-order valence-corrected chi connectivity index (χ1v) is 9.24. The summed E-state index contributed by atoms with van der Waals surface area (Å²) in [5, 5.41) is 13.8. The van der Waals surface area contributed by atoms with Gasteiger partial charge in [0.15, 0.2) is 11.5 Å². The molecular weight excluding hydrogens is 394 g/mol. The van der Waals surface area contributed by atoms with Crippen LogP contribution in [0.15, 0.2) is 42.5 Å². The van der Waals surface area contributed by atoms with E-state index in [1.54, 1.807) is 12.1 Å². The molecular formula is C20H17N3O7. The fourth-order valence-electron chi connectivity index (χ4n) is 3.36. The first-order chi connectivity index (χ1) is 14.5. The maximum Gasteiger partial charge on any atom is 0.282 e. The Hall–Kier alpha value is -3.95. The van der Waals surface area contributed by atoms with Gasteiger partial charge in [0.2, 0.25) is 5.91 Å². The van der Waals surface area contributed by atoms with Crippen molar-refractivity contribution in [3.8, 4) is 11.5 Å². The maximum atomic E-state index is 12.5. The molecule has 154 valence electrons. The Morgan fingerprint density at radius 1 is 1.13 bits per heavy atom. The molecule has 0 aromatic heterocycles. The molecule has 2 aliphatic heterocycles. The predicted molar refractivity (Wildman–Crippen MR) is 102 cm³/mol. The first-order valence-electron chi connectivity index (χ1n) is 9.24. The molecule has 0 aliphatic carbocycles. The minimum absolute atomic E-state index is 0.0268. The van der Waals surface area contributed by atoms with Crippen molar-refractivity contribution in [1.29, 1.82) is 0 Å². The van der Waals surface area contributed by atoms with E-state index in [1.807, 2.05) is 12.1 Å². The summed E-state index contributed by atoms with van der Waals surface area (Å²) in [6, 6.07) is 11.1. The number of rotatable bonds is 6. The second-order valence-electron chi connectivity index (χ2n) is 6.77. The molecule has 0 radical (unpaired) electrons. The molecule has 30 heavy (non-hydrogen) atoms. The van der Waals surface area contributed by atoms with Gasteiger partial charge in [-0.25, -0.2) is 0 Å². The standard InChI is InChI=1S/C20H17N3O7/c24-17(21-10-12-11-29-15-6-1-2-7-16(15)30-12)8-9-22-19(25)13-4-3-5-14(23(27)28)18(13)20(22)26/h1-7,12H,8-11H2,(H,21,24)/t12-/m1/s1. The fraction of sp³-hybridized carbons (Fsp3) is 0.250. The van der Waals surface area contributed by atoms with Crippen LogP contribution in [0.3, 0.4) is 0 Å². The van der Waals surface area contributed by atoms with Gasteiger partial charge >= 0.3 is 0 Å². The monoisotopic (exact) mass is 411 g/mol. The third kappa shape index (κ3) is 3.54. The third-order valence-corrected chi connectivity index (χ3v) is 4.83. The number of ether oxygens (including phenoxy) is 2. The van der Waals surface area contributed by atoms with Crippen molar-refractivity contribution < 1.29 is 28.8 Å². The molecule has 0 fully saturated rings. The van der Waals surface area contributed by atoms with Crippen LogP contribution in [-0.2, 0) is 4.79 Å². The Bertz CT molecular complexity index is 1050. The van der Waals surface area contributed by atoms with Gasteiger partial charge < -0.3 is 14.8 Å². The zero-order chi connectivity index (χ0) is 21.3. The Kier molecular flexibility index (Phi) is 5.05. The number of nitrogens with one attached hydrogen (secondary N) is 1. The van der Waals surface area contributed by atoms with Gasteiger partial charge in [-0.15, -0.1) is 0 Å². The number of carbonyl (C=O) groups is 3. The molecule has 4 rings (SSSR count). The highest BCUT2D eigenvalue weighted by Crippen LogP contribution is 2.31. The van der Waals surface area contributed by atoms with Gasteiger partial charge in [-0.3, -0.25) is 29.4 Å². The average molecular weight is 411 g/mol. The molecule has 2 aromatic carbocycles. The number of amides is 3. The lowest BCUT2D eigenvalue weighted by molar-refractivity contribution is -0.385. The summed E-state index contributed by atoms with van der Waals surface area (Å²) in [5.74, 6) is -0.568. The first kappa shape index (κ1) is 19.4. The molecule has 1 atom stereocenters. The molecule has 0 saturated carbocycles. The number of hydrogen-bond acceptors (Lipinski definition) is 7. The van der Waals surface area contributed by atoms with Crippen molar-refractivity contribution in [2.75, 3.05) is 19.7 Å². The summed E-state index contributed by atoms with van der Waals surface area (Å²) in [6.07, 6.45) is -0.505. The summed E-state index contributed by atoms with van der Waals surface area (Å²) in [4.78, 5) is 48.4. The molecule has 10 heteroatoms. The summed E-state index contributed by atoms with van der Waals surface area (Å²) in [5.41, 5.74) is -0.687. The van der Waals surface area contributed by atoms with E-state index in [1.165, 1.54) is 18.2 Å². The van der Waals surface area contributed by atoms with Crippen LogP contribution >= 0.6 is 0 Å². The van der Waals surface area contributed by atoms with Gasteiger partial charge in [-0.2, -0.15) is 0 Å². The van der Waals surface area contributed by atoms with Gasteiger partial charge in [-0.05, 0) is 18.2 Å². The Morgan fingerprint density at radius 3 is 2.67 bits per heavy atom. The molecule has 2 aliphatic rings. The van der Waals surface area contributed by atoms with Crippen LogP contribution in [0.25, 0.3) is 0 Å². The second-order valence-corrected chi connectivity index (χ2v) is 6.77. The van der Waals surface area contributed by atoms with E-state index in [2.05, 4.69) is 5.32 Å². The van der Waals surface area contributed by atoms with E-state index in [9.17, 15) is 24.5 Å². The Labute approximate surface area is 170 Å². The number of nitrogens with zero attached hydrogens (tertiary/aromatic N) is 2. The van der Waals surface area contributed by atoms with Gasteiger partial charge in [-0.1, -0.05) is 18.2 Å². The number of imide groups is 1.